The van der Waals surface area contributed by atoms with Crippen LogP contribution in [0.2, 0.25) is 0 Å². The third kappa shape index (κ3) is 11.5. The monoisotopic (exact) mass is 610 g/mol. The standard InChI is InChI=1S/C40H50O5/c1-4-6-8-10-12-14-26-42-34-21-17-32(18-22-34)29-38-40(41)39(45-37-28-31(3)16-25-36(37)44-38)30-33-19-23-35(24-20-33)43-27-15-13-11-9-7-5-2/h16-25,28-30H,4-15,26-27H2,1-3H3/b38-29-,39-30-. The summed E-state index contributed by atoms with van der Waals surface area (Å²) in [5.41, 5.74) is 2.69. The van der Waals surface area contributed by atoms with Crippen LogP contribution in [0, 0.1) is 6.92 Å². The van der Waals surface area contributed by atoms with Crippen molar-refractivity contribution in [1.29, 1.82) is 0 Å². The molecular formula is C40H50O5. The highest BCUT2D eigenvalue weighted by Crippen LogP contribution is 2.36. The van der Waals surface area contributed by atoms with E-state index in [1.807, 2.05) is 73.7 Å². The van der Waals surface area contributed by atoms with Crippen molar-refractivity contribution in [3.63, 3.8) is 0 Å². The number of ketones is 1. The average Bonchev–Trinajstić information content (AvgIpc) is 3.17. The third-order valence-electron chi connectivity index (χ3n) is 7.88. The molecule has 0 spiro atoms. The minimum absolute atomic E-state index is 0.198. The summed E-state index contributed by atoms with van der Waals surface area (Å²) in [6.07, 6.45) is 18.3. The Kier molecular flexibility index (Phi) is 14.1. The van der Waals surface area contributed by atoms with Crippen LogP contribution in [0.15, 0.2) is 78.2 Å². The fourth-order valence-electron chi connectivity index (χ4n) is 5.19. The zero-order valence-corrected chi connectivity index (χ0v) is 27.4. The maximum absolute atomic E-state index is 13.7. The lowest BCUT2D eigenvalue weighted by molar-refractivity contribution is -0.115. The molecule has 0 saturated heterocycles. The fraction of sp³-hybridized carbons (Fsp3) is 0.425. The molecule has 3 aromatic carbocycles. The predicted octanol–water partition coefficient (Wildman–Crippen LogP) is 10.9. The molecule has 0 fully saturated rings. The number of aryl methyl sites for hydroxylation is 1. The van der Waals surface area contributed by atoms with Crippen molar-refractivity contribution in [2.24, 2.45) is 0 Å². The van der Waals surface area contributed by atoms with Gasteiger partial charge in [-0.05, 0) is 85.0 Å². The molecule has 5 nitrogen and oxygen atoms in total. The molecular weight excluding hydrogens is 560 g/mol. The second-order valence-corrected chi connectivity index (χ2v) is 11.9. The van der Waals surface area contributed by atoms with Crippen molar-refractivity contribution >= 4 is 17.9 Å². The predicted molar refractivity (Wildman–Crippen MR) is 184 cm³/mol. The molecule has 0 N–H and O–H groups in total. The maximum atomic E-state index is 13.7. The summed E-state index contributed by atoms with van der Waals surface area (Å²) in [4.78, 5) is 13.7. The molecule has 45 heavy (non-hydrogen) atoms. The number of hydrogen-bond acceptors (Lipinski definition) is 5. The molecule has 0 aromatic heterocycles. The first-order valence-electron chi connectivity index (χ1n) is 17.0. The summed E-state index contributed by atoms with van der Waals surface area (Å²) in [7, 11) is 0. The lowest BCUT2D eigenvalue weighted by Gasteiger charge is -2.08. The van der Waals surface area contributed by atoms with Gasteiger partial charge in [-0.1, -0.05) is 108 Å². The second-order valence-electron chi connectivity index (χ2n) is 11.9. The summed E-state index contributed by atoms with van der Waals surface area (Å²) in [5.74, 6) is 2.73. The van der Waals surface area contributed by atoms with E-state index in [0.717, 1.165) is 41.0 Å². The van der Waals surface area contributed by atoms with Crippen LogP contribution in [-0.4, -0.2) is 19.0 Å². The van der Waals surface area contributed by atoms with Crippen molar-refractivity contribution in [2.75, 3.05) is 13.2 Å². The van der Waals surface area contributed by atoms with E-state index in [0.29, 0.717) is 24.7 Å². The number of unbranched alkanes of at least 4 members (excludes halogenated alkanes) is 10. The molecule has 4 rings (SSSR count). The van der Waals surface area contributed by atoms with Gasteiger partial charge in [-0.2, -0.15) is 0 Å². The first kappa shape index (κ1) is 33.9. The van der Waals surface area contributed by atoms with E-state index in [1.54, 1.807) is 12.2 Å². The highest BCUT2D eigenvalue weighted by atomic mass is 16.5. The zero-order chi connectivity index (χ0) is 31.7. The number of rotatable bonds is 18. The van der Waals surface area contributed by atoms with E-state index >= 15 is 0 Å². The van der Waals surface area contributed by atoms with Gasteiger partial charge in [0.2, 0.25) is 0 Å². The summed E-state index contributed by atoms with van der Waals surface area (Å²) in [5, 5.41) is 0. The minimum Gasteiger partial charge on any atom is -0.494 e. The number of carbonyl (C=O) groups excluding carboxylic acids is 1. The van der Waals surface area contributed by atoms with Crippen LogP contribution >= 0.6 is 0 Å². The number of ether oxygens (including phenoxy) is 4. The van der Waals surface area contributed by atoms with Crippen LogP contribution in [-0.2, 0) is 4.79 Å². The maximum Gasteiger partial charge on any atom is 0.263 e. The van der Waals surface area contributed by atoms with Gasteiger partial charge in [-0.25, -0.2) is 0 Å². The number of Topliss-reactive ketones (excluding diaryl/α,β-unsaturated/α-hetero) is 1. The first-order valence-corrected chi connectivity index (χ1v) is 17.0. The molecule has 1 heterocycles. The molecule has 0 bridgehead atoms. The first-order chi connectivity index (χ1) is 22.1. The van der Waals surface area contributed by atoms with Crippen LogP contribution in [0.3, 0.4) is 0 Å². The van der Waals surface area contributed by atoms with Gasteiger partial charge in [0.15, 0.2) is 23.0 Å². The van der Waals surface area contributed by atoms with Gasteiger partial charge in [0, 0.05) is 0 Å². The SMILES string of the molecule is CCCCCCCCOc1ccc(/C=C2\Oc3ccc(C)cc3O/C(=C\c3ccc(OCCCCCCCC)cc3)C2=O)cc1. The van der Waals surface area contributed by atoms with Crippen molar-refractivity contribution < 1.29 is 23.7 Å². The smallest absolute Gasteiger partial charge is 0.263 e. The third-order valence-corrected chi connectivity index (χ3v) is 7.88. The molecule has 1 aliphatic rings. The Bertz CT molecular complexity index is 1390. The number of carbonyl (C=O) groups is 1. The molecule has 1 aliphatic heterocycles. The summed E-state index contributed by atoms with van der Waals surface area (Å²) in [6, 6.07) is 21.2. The lowest BCUT2D eigenvalue weighted by atomic mass is 10.1. The van der Waals surface area contributed by atoms with Gasteiger partial charge in [-0.15, -0.1) is 0 Å². The van der Waals surface area contributed by atoms with Crippen LogP contribution in [0.25, 0.3) is 12.2 Å². The fourth-order valence-corrected chi connectivity index (χ4v) is 5.19. The van der Waals surface area contributed by atoms with Gasteiger partial charge < -0.3 is 18.9 Å². The highest BCUT2D eigenvalue weighted by Gasteiger charge is 2.26. The largest absolute Gasteiger partial charge is 0.494 e. The molecule has 0 saturated carbocycles. The van der Waals surface area contributed by atoms with Crippen LogP contribution in [0.5, 0.6) is 23.0 Å². The lowest BCUT2D eigenvalue weighted by Crippen LogP contribution is -2.12. The summed E-state index contributed by atoms with van der Waals surface area (Å²) < 4.78 is 24.2. The van der Waals surface area contributed by atoms with Gasteiger partial charge in [0.25, 0.3) is 5.78 Å². The normalized spacial score (nSPS) is 14.5. The molecule has 5 heteroatoms. The van der Waals surface area contributed by atoms with Crippen molar-refractivity contribution in [3.8, 4) is 23.0 Å². The van der Waals surface area contributed by atoms with Gasteiger partial charge in [-0.3, -0.25) is 4.79 Å². The Morgan fingerprint density at radius 1 is 0.556 bits per heavy atom. The van der Waals surface area contributed by atoms with E-state index in [-0.39, 0.29) is 17.3 Å². The van der Waals surface area contributed by atoms with E-state index in [2.05, 4.69) is 13.8 Å². The molecule has 3 aromatic rings. The summed E-state index contributed by atoms with van der Waals surface area (Å²) >= 11 is 0. The van der Waals surface area contributed by atoms with Crippen molar-refractivity contribution in [1.82, 2.24) is 0 Å². The minimum atomic E-state index is -0.323. The van der Waals surface area contributed by atoms with Crippen molar-refractivity contribution in [2.45, 2.75) is 97.8 Å². The van der Waals surface area contributed by atoms with Crippen molar-refractivity contribution in [3.05, 3.63) is 94.9 Å². The molecule has 0 unspecified atom stereocenters. The van der Waals surface area contributed by atoms with Crippen LogP contribution < -0.4 is 18.9 Å². The molecule has 0 radical (unpaired) electrons. The molecule has 0 aliphatic carbocycles. The van der Waals surface area contributed by atoms with Gasteiger partial charge in [0.1, 0.15) is 11.5 Å². The van der Waals surface area contributed by atoms with Gasteiger partial charge in [0.05, 0.1) is 13.2 Å². The highest BCUT2D eigenvalue weighted by molar-refractivity contribution is 6.11. The Labute approximate surface area is 270 Å². The number of benzene rings is 3. The Hall–Kier alpha value is -3.99. The molecule has 0 amide bonds. The summed E-state index contributed by atoms with van der Waals surface area (Å²) in [6.45, 7) is 7.87. The quantitative estimate of drug-likeness (QED) is 0.106. The van der Waals surface area contributed by atoms with E-state index < -0.39 is 0 Å². The average molecular weight is 611 g/mol. The van der Waals surface area contributed by atoms with E-state index in [4.69, 9.17) is 18.9 Å². The Morgan fingerprint density at radius 2 is 1.00 bits per heavy atom. The Morgan fingerprint density at radius 3 is 1.49 bits per heavy atom. The Balaban J connectivity index is 1.42. The van der Waals surface area contributed by atoms with Crippen LogP contribution in [0.1, 0.15) is 108 Å². The number of hydrogen-bond donors (Lipinski definition) is 0. The molecule has 0 atom stereocenters. The topological polar surface area (TPSA) is 54.0 Å². The molecule has 240 valence electrons. The number of fused-ring (bicyclic) bond motifs is 1. The van der Waals surface area contributed by atoms with Crippen LogP contribution in [0.4, 0.5) is 0 Å². The van der Waals surface area contributed by atoms with Gasteiger partial charge >= 0.3 is 0 Å². The second kappa shape index (κ2) is 18.7. The zero-order valence-electron chi connectivity index (χ0n) is 27.4. The van der Waals surface area contributed by atoms with E-state index in [9.17, 15) is 4.79 Å². The van der Waals surface area contributed by atoms with E-state index in [1.165, 1.54) is 64.2 Å².